The molecule has 0 saturated carbocycles. The van der Waals surface area contributed by atoms with Gasteiger partial charge in [0.05, 0.1) is 19.2 Å². The first-order valence-electron chi connectivity index (χ1n) is 7.03. The minimum absolute atomic E-state index is 0.159. The lowest BCUT2D eigenvalue weighted by Crippen LogP contribution is -2.21. The van der Waals surface area contributed by atoms with Crippen LogP contribution in [0.2, 0.25) is 0 Å². The summed E-state index contributed by atoms with van der Waals surface area (Å²) in [5.74, 6) is 0.635. The maximum absolute atomic E-state index is 11.9. The third-order valence-corrected chi connectivity index (χ3v) is 4.02. The number of nitrogens with one attached hydrogen (secondary N) is 1. The largest absolute Gasteiger partial charge is 0.497 e. The molecular weight excluding hydrogens is 298 g/mol. The highest BCUT2D eigenvalue weighted by atomic mass is 32.1. The number of aryl methyl sites for hydroxylation is 1. The zero-order valence-electron chi connectivity index (χ0n) is 12.9. The first-order valence-corrected chi connectivity index (χ1v) is 7.91. The molecule has 1 aromatic carbocycles. The van der Waals surface area contributed by atoms with Gasteiger partial charge >= 0.3 is 0 Å². The number of amides is 1. The molecule has 0 aliphatic rings. The lowest BCUT2D eigenvalue weighted by atomic mass is 10.1. The smallest absolute Gasteiger partial charge is 0.246 e. The van der Waals surface area contributed by atoms with Crippen molar-refractivity contribution < 1.29 is 9.53 Å². The number of nitrogens with zero attached hydrogens (tertiary/aromatic N) is 2. The molecule has 2 aromatic rings. The molecule has 0 saturated heterocycles. The molecule has 6 heteroatoms. The van der Waals surface area contributed by atoms with Gasteiger partial charge in [0.25, 0.3) is 0 Å². The molecule has 22 heavy (non-hydrogen) atoms. The van der Waals surface area contributed by atoms with E-state index in [-0.39, 0.29) is 12.3 Å². The summed E-state index contributed by atoms with van der Waals surface area (Å²) in [5, 5.41) is 6.95. The Labute approximate surface area is 134 Å². The van der Waals surface area contributed by atoms with Gasteiger partial charge in [-0.1, -0.05) is 6.92 Å². The average Bonchev–Trinajstić information content (AvgIpc) is 2.93. The van der Waals surface area contributed by atoms with Crippen LogP contribution in [0.3, 0.4) is 0 Å². The SMILES string of the molecule is CC/C(=N/NC(=O)Cc1nc(C)cs1)c1ccc(OC)cc1. The molecule has 1 heterocycles. The van der Waals surface area contributed by atoms with Crippen LogP contribution < -0.4 is 10.2 Å². The van der Waals surface area contributed by atoms with Crippen molar-refractivity contribution >= 4 is 23.0 Å². The molecule has 2 rings (SSSR count). The third-order valence-electron chi connectivity index (χ3n) is 3.05. The van der Waals surface area contributed by atoms with Crippen molar-refractivity contribution in [2.45, 2.75) is 26.7 Å². The number of thiazole rings is 1. The van der Waals surface area contributed by atoms with E-state index in [1.165, 1.54) is 11.3 Å². The van der Waals surface area contributed by atoms with Crippen molar-refractivity contribution in [2.75, 3.05) is 7.11 Å². The van der Waals surface area contributed by atoms with Crippen molar-refractivity contribution in [3.05, 3.63) is 45.9 Å². The topological polar surface area (TPSA) is 63.6 Å². The summed E-state index contributed by atoms with van der Waals surface area (Å²) in [5.41, 5.74) is 5.33. The number of carbonyl (C=O) groups excluding carboxylic acids is 1. The van der Waals surface area contributed by atoms with Crippen molar-refractivity contribution in [3.8, 4) is 5.75 Å². The molecule has 0 atom stereocenters. The summed E-state index contributed by atoms with van der Waals surface area (Å²) in [7, 11) is 1.63. The number of methoxy groups -OCH3 is 1. The molecule has 0 spiro atoms. The second kappa shape index (κ2) is 7.70. The van der Waals surface area contributed by atoms with Crippen LogP contribution in [0, 0.1) is 6.92 Å². The molecule has 0 radical (unpaired) electrons. The monoisotopic (exact) mass is 317 g/mol. The van der Waals surface area contributed by atoms with Crippen LogP contribution in [0.5, 0.6) is 5.75 Å². The minimum atomic E-state index is -0.159. The fourth-order valence-electron chi connectivity index (χ4n) is 1.92. The molecule has 0 unspecified atom stereocenters. The normalized spacial score (nSPS) is 11.3. The van der Waals surface area contributed by atoms with Crippen molar-refractivity contribution in [3.63, 3.8) is 0 Å². The van der Waals surface area contributed by atoms with Gasteiger partial charge in [-0.05, 0) is 43.2 Å². The molecule has 1 amide bonds. The molecule has 1 aromatic heterocycles. The molecule has 116 valence electrons. The molecule has 5 nitrogen and oxygen atoms in total. The maximum atomic E-state index is 11.9. The van der Waals surface area contributed by atoms with E-state index < -0.39 is 0 Å². The van der Waals surface area contributed by atoms with E-state index in [1.54, 1.807) is 7.11 Å². The number of aromatic nitrogens is 1. The Morgan fingerprint density at radius 3 is 2.64 bits per heavy atom. The number of hydrogen-bond donors (Lipinski definition) is 1. The van der Waals surface area contributed by atoms with Crippen LogP contribution in [-0.4, -0.2) is 23.7 Å². The predicted octanol–water partition coefficient (Wildman–Crippen LogP) is 2.93. The Bertz CT molecular complexity index is 662. The van der Waals surface area contributed by atoms with Gasteiger partial charge in [-0.25, -0.2) is 10.4 Å². The zero-order chi connectivity index (χ0) is 15.9. The molecule has 0 aliphatic heterocycles. The average molecular weight is 317 g/mol. The summed E-state index contributed by atoms with van der Waals surface area (Å²) in [6, 6.07) is 7.61. The lowest BCUT2D eigenvalue weighted by molar-refractivity contribution is -0.120. The van der Waals surface area contributed by atoms with E-state index in [4.69, 9.17) is 4.74 Å². The van der Waals surface area contributed by atoms with Gasteiger partial charge in [-0.2, -0.15) is 5.10 Å². The van der Waals surface area contributed by atoms with Gasteiger partial charge in [0, 0.05) is 11.1 Å². The van der Waals surface area contributed by atoms with Crippen LogP contribution in [0.15, 0.2) is 34.7 Å². The Hall–Kier alpha value is -2.21. The Morgan fingerprint density at radius 1 is 1.36 bits per heavy atom. The summed E-state index contributed by atoms with van der Waals surface area (Å²) >= 11 is 1.48. The summed E-state index contributed by atoms with van der Waals surface area (Å²) in [4.78, 5) is 16.2. The fraction of sp³-hybridized carbons (Fsp3) is 0.312. The van der Waals surface area contributed by atoms with E-state index in [2.05, 4.69) is 15.5 Å². The first kappa shape index (κ1) is 16.2. The number of ether oxygens (including phenoxy) is 1. The first-order chi connectivity index (χ1) is 10.6. The van der Waals surface area contributed by atoms with E-state index >= 15 is 0 Å². The molecule has 0 fully saturated rings. The minimum Gasteiger partial charge on any atom is -0.497 e. The van der Waals surface area contributed by atoms with Crippen LogP contribution in [-0.2, 0) is 11.2 Å². The summed E-state index contributed by atoms with van der Waals surface area (Å²) in [6.45, 7) is 3.91. The third kappa shape index (κ3) is 4.39. The highest BCUT2D eigenvalue weighted by Gasteiger charge is 2.07. The second-order valence-electron chi connectivity index (χ2n) is 4.73. The van der Waals surface area contributed by atoms with Crippen LogP contribution in [0.25, 0.3) is 0 Å². The zero-order valence-corrected chi connectivity index (χ0v) is 13.7. The number of hydrogen-bond acceptors (Lipinski definition) is 5. The van der Waals surface area contributed by atoms with Gasteiger partial charge in [-0.3, -0.25) is 4.79 Å². The van der Waals surface area contributed by atoms with Gasteiger partial charge in [0.2, 0.25) is 5.91 Å². The molecule has 0 bridgehead atoms. The lowest BCUT2D eigenvalue weighted by Gasteiger charge is -2.06. The van der Waals surface area contributed by atoms with Gasteiger partial charge in [0.1, 0.15) is 10.8 Å². The standard InChI is InChI=1S/C16H19N3O2S/c1-4-14(12-5-7-13(21-3)8-6-12)18-19-15(20)9-16-17-11(2)10-22-16/h5-8,10H,4,9H2,1-3H3,(H,19,20)/b18-14-. The van der Waals surface area contributed by atoms with Crippen LogP contribution in [0.1, 0.15) is 29.6 Å². The Morgan fingerprint density at radius 2 is 2.09 bits per heavy atom. The highest BCUT2D eigenvalue weighted by molar-refractivity contribution is 7.09. The van der Waals surface area contributed by atoms with Crippen LogP contribution in [0.4, 0.5) is 0 Å². The quantitative estimate of drug-likeness (QED) is 0.658. The Balaban J connectivity index is 2.00. The van der Waals surface area contributed by atoms with E-state index in [1.807, 2.05) is 43.5 Å². The van der Waals surface area contributed by atoms with Crippen LogP contribution >= 0.6 is 11.3 Å². The highest BCUT2D eigenvalue weighted by Crippen LogP contribution is 2.13. The summed E-state index contributed by atoms with van der Waals surface area (Å²) in [6.07, 6.45) is 0.977. The number of benzene rings is 1. The van der Waals surface area contributed by atoms with Crippen molar-refractivity contribution in [2.24, 2.45) is 5.10 Å². The van der Waals surface area contributed by atoms with E-state index in [0.717, 1.165) is 34.1 Å². The molecular formula is C16H19N3O2S. The number of carbonyl (C=O) groups is 1. The fourth-order valence-corrected chi connectivity index (χ4v) is 2.69. The molecule has 1 N–H and O–H groups in total. The number of hydrazone groups is 1. The van der Waals surface area contributed by atoms with Gasteiger partial charge < -0.3 is 4.74 Å². The van der Waals surface area contributed by atoms with E-state index in [0.29, 0.717) is 0 Å². The van der Waals surface area contributed by atoms with Crippen molar-refractivity contribution in [1.82, 2.24) is 10.4 Å². The van der Waals surface area contributed by atoms with Gasteiger partial charge in [-0.15, -0.1) is 11.3 Å². The second-order valence-corrected chi connectivity index (χ2v) is 5.68. The van der Waals surface area contributed by atoms with Crippen molar-refractivity contribution in [1.29, 1.82) is 0 Å². The molecule has 0 aliphatic carbocycles. The maximum Gasteiger partial charge on any atom is 0.246 e. The summed E-state index contributed by atoms with van der Waals surface area (Å²) < 4.78 is 5.13. The Kier molecular flexibility index (Phi) is 5.66. The van der Waals surface area contributed by atoms with E-state index in [9.17, 15) is 4.79 Å². The van der Waals surface area contributed by atoms with Gasteiger partial charge in [0.15, 0.2) is 0 Å². The predicted molar refractivity (Wildman–Crippen MR) is 88.5 cm³/mol. The number of rotatable bonds is 6.